The second-order valence-corrected chi connectivity index (χ2v) is 13.1. The maximum Gasteiger partial charge on any atom is 0.243 e. The Hall–Kier alpha value is -4.86. The van der Waals surface area contributed by atoms with Gasteiger partial charge in [0.15, 0.2) is 11.7 Å². The number of ketones is 1. The third kappa shape index (κ3) is 12.2. The predicted molar refractivity (Wildman–Crippen MR) is 196 cm³/mol. The zero-order valence-corrected chi connectivity index (χ0v) is 29.3. The highest BCUT2D eigenvalue weighted by Gasteiger charge is 2.53. The topological polar surface area (TPSA) is 276 Å². The van der Waals surface area contributed by atoms with Gasteiger partial charge in [0.25, 0.3) is 0 Å². The first kappa shape index (κ1) is 40.6. The molecule has 278 valence electrons. The van der Waals surface area contributed by atoms with E-state index in [9.17, 15) is 24.0 Å². The van der Waals surface area contributed by atoms with Crippen molar-refractivity contribution >= 4 is 35.4 Å². The number of nitrogens with zero attached hydrogens (tertiary/aromatic N) is 1. The summed E-state index contributed by atoms with van der Waals surface area (Å²) in [5.74, 6) is -3.64. The molecule has 0 bridgehead atoms. The number of hydrogen-bond donors (Lipinski definition) is 9. The molecular formula is C36H54N10O5. The fourth-order valence-electron chi connectivity index (χ4n) is 6.29. The Bertz CT molecular complexity index is 1490. The zero-order valence-electron chi connectivity index (χ0n) is 29.3. The van der Waals surface area contributed by atoms with Crippen molar-refractivity contribution in [3.63, 3.8) is 0 Å². The summed E-state index contributed by atoms with van der Waals surface area (Å²) in [6.07, 6.45) is 2.72. The van der Waals surface area contributed by atoms with E-state index in [2.05, 4.69) is 26.3 Å². The third-order valence-electron chi connectivity index (χ3n) is 9.14. The van der Waals surface area contributed by atoms with Crippen LogP contribution in [0, 0.1) is 5.92 Å². The molecule has 14 N–H and O–H groups in total. The standard InChI is InChI=1S/C36H54N10O5/c1-23(31(39)48)44-34(51)36(22-25-13-6-3-7-14-25)26(17-20-43-36)30(47)28(16-8-9-18-37)45-33(50)29(21-24-11-4-2-5-12-24)46-32(49)27(38)15-10-19-42-35(40)41/h2-7,11-14,23,26-29,43H,8-10,15-22,37-38H2,1H3,(H2,39,48)(H,44,51)(H,45,50)(H,46,49)(H4,40,41,42)/t23-,26?,27+,28+,29+,36+/m1/s1. The molecule has 1 fully saturated rings. The van der Waals surface area contributed by atoms with Gasteiger partial charge in [-0.25, -0.2) is 0 Å². The number of aliphatic imine (C=N–C) groups is 1. The van der Waals surface area contributed by atoms with E-state index in [-0.39, 0.29) is 37.4 Å². The van der Waals surface area contributed by atoms with Crippen LogP contribution in [0.5, 0.6) is 0 Å². The highest BCUT2D eigenvalue weighted by molar-refractivity contribution is 6.01. The van der Waals surface area contributed by atoms with E-state index in [1.807, 2.05) is 60.7 Å². The summed E-state index contributed by atoms with van der Waals surface area (Å²) in [4.78, 5) is 71.8. The molecule has 0 aromatic heterocycles. The summed E-state index contributed by atoms with van der Waals surface area (Å²) < 4.78 is 0. The molecule has 6 atom stereocenters. The predicted octanol–water partition coefficient (Wildman–Crippen LogP) is -1.14. The van der Waals surface area contributed by atoms with E-state index < -0.39 is 59.3 Å². The van der Waals surface area contributed by atoms with Gasteiger partial charge in [0, 0.05) is 25.3 Å². The Balaban J connectivity index is 1.91. The number of primary amides is 1. The lowest BCUT2D eigenvalue weighted by Crippen LogP contribution is -2.64. The van der Waals surface area contributed by atoms with E-state index in [0.29, 0.717) is 45.3 Å². The Labute approximate surface area is 299 Å². The second-order valence-electron chi connectivity index (χ2n) is 13.1. The molecule has 1 saturated heterocycles. The fraction of sp³-hybridized carbons (Fsp3) is 0.500. The summed E-state index contributed by atoms with van der Waals surface area (Å²) in [6, 6.07) is 14.4. The van der Waals surface area contributed by atoms with Gasteiger partial charge in [-0.1, -0.05) is 60.7 Å². The Morgan fingerprint density at radius 3 is 2.08 bits per heavy atom. The molecule has 1 aliphatic rings. The molecule has 0 radical (unpaired) electrons. The lowest BCUT2D eigenvalue weighted by molar-refractivity contribution is -0.139. The number of amides is 4. The Kier molecular flexibility index (Phi) is 16.0. The number of nitrogens with two attached hydrogens (primary N) is 5. The van der Waals surface area contributed by atoms with Crippen molar-refractivity contribution in [2.45, 2.75) is 88.0 Å². The molecule has 2 aromatic rings. The largest absolute Gasteiger partial charge is 0.370 e. The number of carbonyl (C=O) groups excluding carboxylic acids is 5. The second kappa shape index (κ2) is 20.1. The molecule has 1 unspecified atom stereocenters. The normalized spacial score (nSPS) is 19.2. The Morgan fingerprint density at radius 1 is 0.843 bits per heavy atom. The minimum Gasteiger partial charge on any atom is -0.370 e. The van der Waals surface area contributed by atoms with Gasteiger partial charge in [-0.15, -0.1) is 0 Å². The van der Waals surface area contributed by atoms with Crippen LogP contribution in [0.15, 0.2) is 65.7 Å². The van der Waals surface area contributed by atoms with Gasteiger partial charge in [0.1, 0.15) is 17.6 Å². The van der Waals surface area contributed by atoms with E-state index >= 15 is 0 Å². The zero-order chi connectivity index (χ0) is 37.4. The number of hydrogen-bond acceptors (Lipinski definition) is 9. The van der Waals surface area contributed by atoms with Crippen molar-refractivity contribution in [1.82, 2.24) is 21.3 Å². The molecule has 0 aliphatic carbocycles. The van der Waals surface area contributed by atoms with Crippen LogP contribution in [-0.2, 0) is 36.8 Å². The summed E-state index contributed by atoms with van der Waals surface area (Å²) in [5, 5.41) is 11.7. The van der Waals surface area contributed by atoms with E-state index in [4.69, 9.17) is 28.7 Å². The number of unbranched alkanes of at least 4 members (excludes halogenated alkanes) is 1. The smallest absolute Gasteiger partial charge is 0.243 e. The number of nitrogens with one attached hydrogen (secondary N) is 4. The van der Waals surface area contributed by atoms with E-state index in [0.717, 1.165) is 11.1 Å². The first-order valence-electron chi connectivity index (χ1n) is 17.5. The number of benzene rings is 2. The van der Waals surface area contributed by atoms with Gasteiger partial charge in [-0.05, 0) is 69.7 Å². The van der Waals surface area contributed by atoms with Crippen molar-refractivity contribution in [2.24, 2.45) is 39.6 Å². The molecular weight excluding hydrogens is 652 g/mol. The molecule has 3 rings (SSSR count). The molecule has 15 nitrogen and oxygen atoms in total. The van der Waals surface area contributed by atoms with Crippen molar-refractivity contribution in [1.29, 1.82) is 0 Å². The van der Waals surface area contributed by atoms with Crippen molar-refractivity contribution in [2.75, 3.05) is 19.6 Å². The summed E-state index contributed by atoms with van der Waals surface area (Å²) in [7, 11) is 0. The fourth-order valence-corrected chi connectivity index (χ4v) is 6.29. The van der Waals surface area contributed by atoms with Gasteiger partial charge in [0.2, 0.25) is 23.6 Å². The van der Waals surface area contributed by atoms with Crippen molar-refractivity contribution in [3.05, 3.63) is 71.8 Å². The minimum absolute atomic E-state index is 0.0604. The number of Topliss-reactive ketones (excluding diaryl/α,β-unsaturated/α-hetero) is 1. The summed E-state index contributed by atoms with van der Waals surface area (Å²) in [6.45, 7) is 2.51. The number of guanidine groups is 1. The van der Waals surface area contributed by atoms with Gasteiger partial charge >= 0.3 is 0 Å². The van der Waals surface area contributed by atoms with E-state index in [1.54, 1.807) is 0 Å². The molecule has 2 aromatic carbocycles. The van der Waals surface area contributed by atoms with Crippen LogP contribution in [0.1, 0.15) is 56.6 Å². The van der Waals surface area contributed by atoms with Crippen LogP contribution in [-0.4, -0.2) is 84.7 Å². The highest BCUT2D eigenvalue weighted by Crippen LogP contribution is 2.33. The molecule has 0 saturated carbocycles. The van der Waals surface area contributed by atoms with Gasteiger partial charge < -0.3 is 49.9 Å². The van der Waals surface area contributed by atoms with Crippen molar-refractivity contribution in [3.8, 4) is 0 Å². The van der Waals surface area contributed by atoms with Gasteiger partial charge in [-0.3, -0.25) is 29.0 Å². The molecule has 0 spiro atoms. The SMILES string of the molecule is C[C@@H](NC(=O)[C@@]1(Cc2ccccc2)NCCC1C(=O)[C@H](CCCCN)NC(=O)[C@H](Cc1ccccc1)NC(=O)[C@@H](N)CCCN=C(N)N)C(N)=O. The average Bonchev–Trinajstić information content (AvgIpc) is 3.54. The maximum atomic E-state index is 14.6. The van der Waals surface area contributed by atoms with Crippen LogP contribution in [0.3, 0.4) is 0 Å². The Morgan fingerprint density at radius 2 is 1.47 bits per heavy atom. The lowest BCUT2D eigenvalue weighted by Gasteiger charge is -2.36. The monoisotopic (exact) mass is 706 g/mol. The van der Waals surface area contributed by atoms with Crippen LogP contribution in [0.25, 0.3) is 0 Å². The molecule has 1 aliphatic heterocycles. The maximum absolute atomic E-state index is 14.6. The van der Waals surface area contributed by atoms with Crippen molar-refractivity contribution < 1.29 is 24.0 Å². The summed E-state index contributed by atoms with van der Waals surface area (Å²) >= 11 is 0. The third-order valence-corrected chi connectivity index (χ3v) is 9.14. The van der Waals surface area contributed by atoms with E-state index in [1.165, 1.54) is 6.92 Å². The summed E-state index contributed by atoms with van der Waals surface area (Å²) in [5.41, 5.74) is 28.3. The molecule has 1 heterocycles. The quantitative estimate of drug-likeness (QED) is 0.0427. The van der Waals surface area contributed by atoms with Gasteiger partial charge in [0.05, 0.1) is 12.1 Å². The minimum atomic E-state index is -1.43. The number of rotatable bonds is 21. The van der Waals surface area contributed by atoms with Crippen LogP contribution >= 0.6 is 0 Å². The molecule has 15 heteroatoms. The first-order chi connectivity index (χ1) is 24.4. The average molecular weight is 707 g/mol. The van der Waals surface area contributed by atoms with Crippen LogP contribution in [0.4, 0.5) is 0 Å². The first-order valence-corrected chi connectivity index (χ1v) is 17.5. The van der Waals surface area contributed by atoms with Crippen LogP contribution in [0.2, 0.25) is 0 Å². The molecule has 51 heavy (non-hydrogen) atoms. The molecule has 4 amide bonds. The highest BCUT2D eigenvalue weighted by atomic mass is 16.2. The van der Waals surface area contributed by atoms with Gasteiger partial charge in [-0.2, -0.15) is 0 Å². The van der Waals surface area contributed by atoms with Crippen LogP contribution < -0.4 is 49.9 Å². The number of carbonyl (C=O) groups is 5. The lowest BCUT2D eigenvalue weighted by atomic mass is 9.75.